The van der Waals surface area contributed by atoms with Gasteiger partial charge in [0.25, 0.3) is 0 Å². The van der Waals surface area contributed by atoms with Crippen molar-refractivity contribution in [2.45, 2.75) is 18.7 Å². The van der Waals surface area contributed by atoms with Gasteiger partial charge in [-0.1, -0.05) is 6.07 Å². The number of alkyl halides is 1. The molecule has 3 nitrogen and oxygen atoms in total. The van der Waals surface area contributed by atoms with E-state index < -0.39 is 0 Å². The Morgan fingerprint density at radius 1 is 1.33 bits per heavy atom. The van der Waals surface area contributed by atoms with E-state index in [4.69, 9.17) is 25.8 Å². The summed E-state index contributed by atoms with van der Waals surface area (Å²) in [5.74, 6) is 2.66. The molecular formula is C14H19ClO3. The molecular weight excluding hydrogens is 252 g/mol. The second-order valence-corrected chi connectivity index (χ2v) is 4.74. The molecule has 0 amide bonds. The van der Waals surface area contributed by atoms with Crippen LogP contribution in [0.25, 0.3) is 0 Å². The molecule has 0 saturated carbocycles. The van der Waals surface area contributed by atoms with E-state index in [0.29, 0.717) is 11.8 Å². The summed E-state index contributed by atoms with van der Waals surface area (Å²) in [6.45, 7) is 2.41. The molecule has 1 saturated heterocycles. The zero-order chi connectivity index (χ0) is 12.8. The van der Waals surface area contributed by atoms with Crippen molar-refractivity contribution in [1.29, 1.82) is 0 Å². The van der Waals surface area contributed by atoms with Crippen LogP contribution in [0.2, 0.25) is 0 Å². The van der Waals surface area contributed by atoms with Crippen LogP contribution in [0.3, 0.4) is 0 Å². The quantitative estimate of drug-likeness (QED) is 0.769. The maximum absolute atomic E-state index is 5.91. The molecule has 0 spiro atoms. The highest BCUT2D eigenvalue weighted by Crippen LogP contribution is 2.27. The van der Waals surface area contributed by atoms with Gasteiger partial charge in [-0.2, -0.15) is 0 Å². The minimum Gasteiger partial charge on any atom is -0.497 e. The maximum Gasteiger partial charge on any atom is 0.127 e. The van der Waals surface area contributed by atoms with E-state index in [9.17, 15) is 0 Å². The summed E-state index contributed by atoms with van der Waals surface area (Å²) in [6.07, 6.45) is 2.14. The smallest absolute Gasteiger partial charge is 0.127 e. The Kier molecular flexibility index (Phi) is 5.14. The first-order chi connectivity index (χ1) is 8.83. The normalized spacial score (nSPS) is 16.6. The van der Waals surface area contributed by atoms with Crippen LogP contribution in [0, 0.1) is 5.92 Å². The summed E-state index contributed by atoms with van der Waals surface area (Å²) in [4.78, 5) is 0. The summed E-state index contributed by atoms with van der Waals surface area (Å²) < 4.78 is 16.4. The molecule has 1 aliphatic heterocycles. The van der Waals surface area contributed by atoms with Gasteiger partial charge in [-0.15, -0.1) is 11.6 Å². The van der Waals surface area contributed by atoms with Gasteiger partial charge >= 0.3 is 0 Å². The number of hydrogen-bond acceptors (Lipinski definition) is 3. The van der Waals surface area contributed by atoms with Crippen LogP contribution in [0.4, 0.5) is 0 Å². The number of ether oxygens (including phenoxy) is 3. The minimum atomic E-state index is 0.451. The number of benzene rings is 1. The van der Waals surface area contributed by atoms with Crippen molar-refractivity contribution in [3.8, 4) is 11.5 Å². The number of hydrogen-bond donors (Lipinski definition) is 0. The highest BCUT2D eigenvalue weighted by Gasteiger charge is 2.15. The van der Waals surface area contributed by atoms with E-state index >= 15 is 0 Å². The average Bonchev–Trinajstić information content (AvgIpc) is 2.45. The molecule has 1 heterocycles. The van der Waals surface area contributed by atoms with Crippen LogP contribution < -0.4 is 9.47 Å². The van der Waals surface area contributed by atoms with Gasteiger partial charge in [0, 0.05) is 24.8 Å². The topological polar surface area (TPSA) is 27.7 Å². The van der Waals surface area contributed by atoms with Crippen LogP contribution in [0.1, 0.15) is 18.4 Å². The molecule has 1 aliphatic rings. The Labute approximate surface area is 113 Å². The van der Waals surface area contributed by atoms with Gasteiger partial charge in [-0.3, -0.25) is 0 Å². The Bertz CT molecular complexity index is 375. The van der Waals surface area contributed by atoms with Crippen LogP contribution in [-0.2, 0) is 10.6 Å². The van der Waals surface area contributed by atoms with Crippen molar-refractivity contribution in [1.82, 2.24) is 0 Å². The van der Waals surface area contributed by atoms with Gasteiger partial charge in [0.2, 0.25) is 0 Å². The van der Waals surface area contributed by atoms with Crippen molar-refractivity contribution in [3.05, 3.63) is 23.8 Å². The molecule has 4 heteroatoms. The summed E-state index contributed by atoms with van der Waals surface area (Å²) in [7, 11) is 1.65. The lowest BCUT2D eigenvalue weighted by atomic mass is 10.0. The zero-order valence-corrected chi connectivity index (χ0v) is 11.4. The van der Waals surface area contributed by atoms with Crippen molar-refractivity contribution in [2.24, 2.45) is 5.92 Å². The fourth-order valence-corrected chi connectivity index (χ4v) is 2.25. The largest absolute Gasteiger partial charge is 0.497 e. The second-order valence-electron chi connectivity index (χ2n) is 4.47. The zero-order valence-electron chi connectivity index (χ0n) is 10.7. The molecule has 0 bridgehead atoms. The SMILES string of the molecule is COc1ccc(CCl)c(OCC2CCOCC2)c1. The predicted molar refractivity (Wildman–Crippen MR) is 71.6 cm³/mol. The van der Waals surface area contributed by atoms with E-state index in [1.165, 1.54) is 0 Å². The van der Waals surface area contributed by atoms with Gasteiger partial charge in [0.05, 0.1) is 19.6 Å². The third kappa shape index (κ3) is 3.53. The summed E-state index contributed by atoms with van der Waals surface area (Å²) >= 11 is 5.91. The Morgan fingerprint density at radius 3 is 2.78 bits per heavy atom. The van der Waals surface area contributed by atoms with Crippen molar-refractivity contribution < 1.29 is 14.2 Å². The molecule has 0 aromatic heterocycles. The highest BCUT2D eigenvalue weighted by molar-refractivity contribution is 6.17. The number of methoxy groups -OCH3 is 1. The third-order valence-corrected chi connectivity index (χ3v) is 3.52. The third-order valence-electron chi connectivity index (χ3n) is 3.23. The number of rotatable bonds is 5. The van der Waals surface area contributed by atoms with E-state index in [1.807, 2.05) is 18.2 Å². The van der Waals surface area contributed by atoms with Crippen LogP contribution in [0.5, 0.6) is 11.5 Å². The monoisotopic (exact) mass is 270 g/mol. The Hall–Kier alpha value is -0.930. The van der Waals surface area contributed by atoms with Gasteiger partial charge in [-0.25, -0.2) is 0 Å². The summed E-state index contributed by atoms with van der Waals surface area (Å²) in [5, 5.41) is 0. The Morgan fingerprint density at radius 2 is 2.11 bits per heavy atom. The molecule has 0 N–H and O–H groups in total. The fraction of sp³-hybridized carbons (Fsp3) is 0.571. The van der Waals surface area contributed by atoms with Gasteiger partial charge in [0.1, 0.15) is 11.5 Å². The van der Waals surface area contributed by atoms with E-state index in [-0.39, 0.29) is 0 Å². The van der Waals surface area contributed by atoms with Crippen LogP contribution in [0.15, 0.2) is 18.2 Å². The molecule has 100 valence electrons. The highest BCUT2D eigenvalue weighted by atomic mass is 35.5. The molecule has 1 fully saturated rings. The van der Waals surface area contributed by atoms with E-state index in [2.05, 4.69) is 0 Å². The van der Waals surface area contributed by atoms with Crippen LogP contribution >= 0.6 is 11.6 Å². The molecule has 1 aromatic rings. The summed E-state index contributed by atoms with van der Waals surface area (Å²) in [5.41, 5.74) is 1.00. The molecule has 0 atom stereocenters. The van der Waals surface area contributed by atoms with Gasteiger partial charge in [-0.05, 0) is 24.8 Å². The van der Waals surface area contributed by atoms with E-state index in [0.717, 1.165) is 49.7 Å². The standard InChI is InChI=1S/C14H19ClO3/c1-16-13-3-2-12(9-15)14(8-13)18-10-11-4-6-17-7-5-11/h2-3,8,11H,4-7,9-10H2,1H3. The minimum absolute atomic E-state index is 0.451. The molecule has 1 aromatic carbocycles. The predicted octanol–water partition coefficient (Wildman–Crippen LogP) is 3.24. The fourth-order valence-electron chi connectivity index (χ4n) is 2.03. The van der Waals surface area contributed by atoms with Gasteiger partial charge in [0.15, 0.2) is 0 Å². The van der Waals surface area contributed by atoms with Gasteiger partial charge < -0.3 is 14.2 Å². The maximum atomic E-state index is 5.91. The molecule has 0 aliphatic carbocycles. The first-order valence-corrected chi connectivity index (χ1v) is 6.80. The van der Waals surface area contributed by atoms with Crippen molar-refractivity contribution in [3.63, 3.8) is 0 Å². The Balaban J connectivity index is 1.97. The lowest BCUT2D eigenvalue weighted by Gasteiger charge is -2.22. The van der Waals surface area contributed by atoms with Crippen LogP contribution in [-0.4, -0.2) is 26.9 Å². The second kappa shape index (κ2) is 6.86. The lowest BCUT2D eigenvalue weighted by Crippen LogP contribution is -2.21. The van der Waals surface area contributed by atoms with E-state index in [1.54, 1.807) is 7.11 Å². The molecule has 0 unspecified atom stereocenters. The first-order valence-electron chi connectivity index (χ1n) is 6.27. The number of halogens is 1. The van der Waals surface area contributed by atoms with Crippen molar-refractivity contribution in [2.75, 3.05) is 26.9 Å². The van der Waals surface area contributed by atoms with Crippen molar-refractivity contribution >= 4 is 11.6 Å². The molecule has 0 radical (unpaired) electrons. The average molecular weight is 271 g/mol. The lowest BCUT2D eigenvalue weighted by molar-refractivity contribution is 0.0496. The molecule has 18 heavy (non-hydrogen) atoms. The first kappa shape index (κ1) is 13.5. The molecule has 2 rings (SSSR count). The summed E-state index contributed by atoms with van der Waals surface area (Å²) in [6, 6.07) is 5.75.